The molecule has 192 valence electrons. The number of Topliss-reactive ketones (excluding diaryl/α,β-unsaturated/α-hetero) is 1. The third kappa shape index (κ3) is 5.39. The average molecular weight is 511 g/mol. The van der Waals surface area contributed by atoms with Crippen LogP contribution >= 0.6 is 0 Å². The lowest BCUT2D eigenvalue weighted by molar-refractivity contribution is -0.137. The third-order valence-electron chi connectivity index (χ3n) is 6.22. The fourth-order valence-electron chi connectivity index (χ4n) is 4.37. The van der Waals surface area contributed by atoms with Crippen LogP contribution in [0.5, 0.6) is 5.75 Å². The minimum absolute atomic E-state index is 0.122. The number of carbonyl (C=O) groups is 3. The van der Waals surface area contributed by atoms with E-state index in [9.17, 15) is 14.4 Å². The fraction of sp³-hybridized carbons (Fsp3) is 0.179. The van der Waals surface area contributed by atoms with Crippen molar-refractivity contribution in [2.45, 2.75) is 19.0 Å². The Balaban J connectivity index is 1.36. The number of ketones is 1. The van der Waals surface area contributed by atoms with Gasteiger partial charge in [0.2, 0.25) is 5.78 Å². The van der Waals surface area contributed by atoms with Crippen LogP contribution in [-0.2, 0) is 22.6 Å². The van der Waals surface area contributed by atoms with Gasteiger partial charge in [-0.15, -0.1) is 0 Å². The summed E-state index contributed by atoms with van der Waals surface area (Å²) in [5, 5.41) is 7.32. The molecule has 0 spiro atoms. The van der Waals surface area contributed by atoms with E-state index in [0.717, 1.165) is 29.2 Å². The first kappa shape index (κ1) is 24.7. The van der Waals surface area contributed by atoms with Crippen molar-refractivity contribution in [2.24, 2.45) is 5.73 Å². The molecule has 38 heavy (non-hydrogen) atoms. The molecule has 3 heterocycles. The molecule has 10 nitrogen and oxygen atoms in total. The largest absolute Gasteiger partial charge is 0.490 e. The summed E-state index contributed by atoms with van der Waals surface area (Å²) < 4.78 is 7.26. The molecule has 2 aromatic heterocycles. The number of aromatic nitrogens is 3. The molecular weight excluding hydrogens is 484 g/mol. The smallest absolute Gasteiger partial charge is 0.287 e. The van der Waals surface area contributed by atoms with Crippen LogP contribution in [0.4, 0.5) is 5.69 Å². The minimum atomic E-state index is -1.12. The minimum Gasteiger partial charge on any atom is -0.490 e. The standard InChI is InChI=1S/C28H26N6O4/c29-26(36)25(35)22(17-19-7-2-1-3-8-19)31-28(37)21-9-6-13-30-27(21)34-14-12-20(32-34)18-33-15-16-38-24-11-5-4-10-23(24)33/h1-14,22H,15-18H2,(H2,29,36)(H,31,37). The quantitative estimate of drug-likeness (QED) is 0.329. The number of primary amides is 1. The summed E-state index contributed by atoms with van der Waals surface area (Å²) in [5.41, 5.74) is 8.02. The lowest BCUT2D eigenvalue weighted by Gasteiger charge is -2.30. The van der Waals surface area contributed by atoms with Crippen molar-refractivity contribution in [3.05, 3.63) is 102 Å². The van der Waals surface area contributed by atoms with E-state index in [1.807, 2.05) is 48.5 Å². The van der Waals surface area contributed by atoms with Crippen LogP contribution in [0.2, 0.25) is 0 Å². The zero-order valence-electron chi connectivity index (χ0n) is 20.5. The molecule has 2 amide bonds. The van der Waals surface area contributed by atoms with Crippen LogP contribution in [-0.4, -0.2) is 51.6 Å². The summed E-state index contributed by atoms with van der Waals surface area (Å²) in [6.07, 6.45) is 3.41. The van der Waals surface area contributed by atoms with Gasteiger partial charge in [0.05, 0.1) is 30.0 Å². The number of pyridine rings is 1. The molecule has 2 aromatic carbocycles. The van der Waals surface area contributed by atoms with Gasteiger partial charge in [-0.2, -0.15) is 5.10 Å². The van der Waals surface area contributed by atoms with E-state index in [0.29, 0.717) is 19.0 Å². The van der Waals surface area contributed by atoms with E-state index in [1.54, 1.807) is 36.7 Å². The number of nitrogens with one attached hydrogen (secondary N) is 1. The molecule has 1 unspecified atom stereocenters. The number of hydrogen-bond acceptors (Lipinski definition) is 7. The van der Waals surface area contributed by atoms with Crippen molar-refractivity contribution in [1.82, 2.24) is 20.1 Å². The SMILES string of the molecule is NC(=O)C(=O)C(Cc1ccccc1)NC(=O)c1cccnc1-n1ccc(CN2CCOc3ccccc32)n1. The number of amides is 2. The number of carbonyl (C=O) groups excluding carboxylic acids is 3. The van der Waals surface area contributed by atoms with Crippen LogP contribution in [0.1, 0.15) is 21.6 Å². The second-order valence-electron chi connectivity index (χ2n) is 8.81. The Hall–Kier alpha value is -4.99. The van der Waals surface area contributed by atoms with Crippen LogP contribution in [0.3, 0.4) is 0 Å². The summed E-state index contributed by atoms with van der Waals surface area (Å²) in [6.45, 7) is 1.85. The van der Waals surface area contributed by atoms with Gasteiger partial charge in [0.25, 0.3) is 11.8 Å². The zero-order valence-corrected chi connectivity index (χ0v) is 20.5. The molecule has 0 saturated carbocycles. The van der Waals surface area contributed by atoms with Crippen molar-refractivity contribution in [3.8, 4) is 11.6 Å². The van der Waals surface area contributed by atoms with Crippen LogP contribution < -0.4 is 20.7 Å². The number of nitrogens with zero attached hydrogens (tertiary/aromatic N) is 4. The molecule has 0 bridgehead atoms. The van der Waals surface area contributed by atoms with Gasteiger partial charge in [0.1, 0.15) is 18.4 Å². The molecule has 4 aromatic rings. The first-order valence-electron chi connectivity index (χ1n) is 12.1. The normalized spacial score (nSPS) is 13.2. The van der Waals surface area contributed by atoms with Gasteiger partial charge in [-0.05, 0) is 35.9 Å². The van der Waals surface area contributed by atoms with Crippen LogP contribution in [0.25, 0.3) is 5.82 Å². The van der Waals surface area contributed by atoms with E-state index in [1.165, 1.54) is 4.68 Å². The van der Waals surface area contributed by atoms with Crippen molar-refractivity contribution >= 4 is 23.3 Å². The summed E-state index contributed by atoms with van der Waals surface area (Å²) >= 11 is 0. The highest BCUT2D eigenvalue weighted by Gasteiger charge is 2.27. The molecule has 1 atom stereocenters. The Morgan fingerprint density at radius 1 is 1.00 bits per heavy atom. The molecule has 0 fully saturated rings. The Morgan fingerprint density at radius 2 is 1.79 bits per heavy atom. The van der Waals surface area contributed by atoms with E-state index in [4.69, 9.17) is 10.5 Å². The molecule has 1 aliphatic heterocycles. The maximum atomic E-state index is 13.3. The Bertz CT molecular complexity index is 1470. The van der Waals surface area contributed by atoms with Gasteiger partial charge in [-0.3, -0.25) is 14.4 Å². The van der Waals surface area contributed by atoms with Gasteiger partial charge < -0.3 is 20.7 Å². The lowest BCUT2D eigenvalue weighted by atomic mass is 10.0. The second kappa shape index (κ2) is 11.0. The van der Waals surface area contributed by atoms with Crippen molar-refractivity contribution < 1.29 is 19.1 Å². The summed E-state index contributed by atoms with van der Waals surface area (Å²) in [6, 6.07) is 20.9. The van der Waals surface area contributed by atoms with Crippen molar-refractivity contribution in [2.75, 3.05) is 18.1 Å². The van der Waals surface area contributed by atoms with E-state index >= 15 is 0 Å². The van der Waals surface area contributed by atoms with Gasteiger partial charge in [-0.25, -0.2) is 9.67 Å². The first-order valence-corrected chi connectivity index (χ1v) is 12.1. The van der Waals surface area contributed by atoms with Gasteiger partial charge in [-0.1, -0.05) is 42.5 Å². The van der Waals surface area contributed by atoms with Crippen LogP contribution in [0, 0.1) is 0 Å². The zero-order chi connectivity index (χ0) is 26.5. The number of fused-ring (bicyclic) bond motifs is 1. The number of benzene rings is 2. The first-order chi connectivity index (χ1) is 18.5. The number of ether oxygens (including phenoxy) is 1. The Morgan fingerprint density at radius 3 is 2.61 bits per heavy atom. The molecule has 10 heteroatoms. The third-order valence-corrected chi connectivity index (χ3v) is 6.22. The number of para-hydroxylation sites is 2. The lowest BCUT2D eigenvalue weighted by Crippen LogP contribution is -2.47. The Labute approximate surface area is 219 Å². The molecule has 0 saturated heterocycles. The van der Waals surface area contributed by atoms with Crippen molar-refractivity contribution in [1.29, 1.82) is 0 Å². The highest BCUT2D eigenvalue weighted by molar-refractivity contribution is 6.38. The molecule has 5 rings (SSSR count). The summed E-state index contributed by atoms with van der Waals surface area (Å²) in [4.78, 5) is 44.0. The Kier molecular flexibility index (Phi) is 7.12. The van der Waals surface area contributed by atoms with Gasteiger partial charge in [0.15, 0.2) is 5.82 Å². The molecule has 0 aliphatic carbocycles. The predicted molar refractivity (Wildman–Crippen MR) is 140 cm³/mol. The van der Waals surface area contributed by atoms with E-state index in [-0.39, 0.29) is 12.0 Å². The molecule has 0 radical (unpaired) electrons. The topological polar surface area (TPSA) is 132 Å². The highest BCUT2D eigenvalue weighted by atomic mass is 16.5. The molecule has 1 aliphatic rings. The van der Waals surface area contributed by atoms with E-state index < -0.39 is 23.6 Å². The van der Waals surface area contributed by atoms with Crippen LogP contribution in [0.15, 0.2) is 85.2 Å². The van der Waals surface area contributed by atoms with Crippen molar-refractivity contribution in [3.63, 3.8) is 0 Å². The monoisotopic (exact) mass is 510 g/mol. The molecular formula is C28H26N6O4. The van der Waals surface area contributed by atoms with Gasteiger partial charge in [0, 0.05) is 18.8 Å². The number of nitrogens with two attached hydrogens (primary N) is 1. The fourth-order valence-corrected chi connectivity index (χ4v) is 4.37. The maximum Gasteiger partial charge on any atom is 0.287 e. The summed E-state index contributed by atoms with van der Waals surface area (Å²) in [5.74, 6) is -1.43. The predicted octanol–water partition coefficient (Wildman–Crippen LogP) is 2.06. The number of anilines is 1. The number of hydrogen-bond donors (Lipinski definition) is 2. The highest BCUT2D eigenvalue weighted by Crippen LogP contribution is 2.31. The van der Waals surface area contributed by atoms with Gasteiger partial charge >= 0.3 is 0 Å². The summed E-state index contributed by atoms with van der Waals surface area (Å²) in [7, 11) is 0. The molecule has 3 N–H and O–H groups in total. The maximum absolute atomic E-state index is 13.3. The second-order valence-corrected chi connectivity index (χ2v) is 8.81. The number of rotatable bonds is 9. The average Bonchev–Trinajstić information content (AvgIpc) is 3.41. The van der Waals surface area contributed by atoms with E-state index in [2.05, 4.69) is 20.3 Å².